The molecular formula is C12H15ClO4. The SMILES string of the molecule is COc1cc(C(C)C)c(C(O)C(=O)O)cc1Cl. The van der Waals surface area contributed by atoms with Gasteiger partial charge < -0.3 is 14.9 Å². The lowest BCUT2D eigenvalue weighted by atomic mass is 9.93. The molecule has 0 amide bonds. The highest BCUT2D eigenvalue weighted by Gasteiger charge is 2.22. The van der Waals surface area contributed by atoms with Crippen LogP contribution in [-0.2, 0) is 4.79 Å². The zero-order valence-corrected chi connectivity index (χ0v) is 10.7. The largest absolute Gasteiger partial charge is 0.495 e. The summed E-state index contributed by atoms with van der Waals surface area (Å²) in [4.78, 5) is 10.8. The molecule has 0 aliphatic rings. The van der Waals surface area contributed by atoms with E-state index in [-0.39, 0.29) is 10.9 Å². The van der Waals surface area contributed by atoms with Crippen molar-refractivity contribution in [3.63, 3.8) is 0 Å². The monoisotopic (exact) mass is 258 g/mol. The quantitative estimate of drug-likeness (QED) is 0.871. The fraction of sp³-hybridized carbons (Fsp3) is 0.417. The minimum Gasteiger partial charge on any atom is -0.495 e. The first-order chi connectivity index (χ1) is 7.88. The average Bonchev–Trinajstić information content (AvgIpc) is 2.27. The zero-order chi connectivity index (χ0) is 13.2. The zero-order valence-electron chi connectivity index (χ0n) is 9.90. The Hall–Kier alpha value is -1.26. The number of methoxy groups -OCH3 is 1. The highest BCUT2D eigenvalue weighted by Crippen LogP contribution is 2.34. The second-order valence-corrected chi connectivity index (χ2v) is 4.42. The van der Waals surface area contributed by atoms with Crippen LogP contribution in [-0.4, -0.2) is 23.3 Å². The minimum atomic E-state index is -1.57. The predicted octanol–water partition coefficient (Wildman–Crippen LogP) is 2.59. The molecule has 1 unspecified atom stereocenters. The molecule has 17 heavy (non-hydrogen) atoms. The Kier molecular flexibility index (Phi) is 4.37. The van der Waals surface area contributed by atoms with Crippen molar-refractivity contribution in [1.29, 1.82) is 0 Å². The third kappa shape index (κ3) is 2.90. The van der Waals surface area contributed by atoms with Crippen molar-refractivity contribution in [3.8, 4) is 5.75 Å². The van der Waals surface area contributed by atoms with Gasteiger partial charge in [-0.25, -0.2) is 4.79 Å². The summed E-state index contributed by atoms with van der Waals surface area (Å²) in [5.41, 5.74) is 1.01. The van der Waals surface area contributed by atoms with E-state index in [1.54, 1.807) is 6.07 Å². The van der Waals surface area contributed by atoms with E-state index < -0.39 is 12.1 Å². The van der Waals surface area contributed by atoms with Gasteiger partial charge in [0.1, 0.15) is 5.75 Å². The number of halogens is 1. The third-order valence-corrected chi connectivity index (χ3v) is 2.80. The van der Waals surface area contributed by atoms with Gasteiger partial charge in [-0.2, -0.15) is 0 Å². The van der Waals surface area contributed by atoms with Crippen molar-refractivity contribution in [2.24, 2.45) is 0 Å². The number of ether oxygens (including phenoxy) is 1. The molecule has 0 aromatic heterocycles. The molecule has 0 saturated heterocycles. The normalized spacial score (nSPS) is 12.6. The van der Waals surface area contributed by atoms with Crippen molar-refractivity contribution in [2.75, 3.05) is 7.11 Å². The Bertz CT molecular complexity index is 429. The fourth-order valence-corrected chi connectivity index (χ4v) is 1.86. The molecule has 1 aromatic carbocycles. The van der Waals surface area contributed by atoms with Gasteiger partial charge in [0, 0.05) is 0 Å². The van der Waals surface area contributed by atoms with Gasteiger partial charge in [-0.15, -0.1) is 0 Å². The van der Waals surface area contributed by atoms with Gasteiger partial charge in [-0.3, -0.25) is 0 Å². The molecule has 0 aliphatic heterocycles. The third-order valence-electron chi connectivity index (χ3n) is 2.51. The van der Waals surface area contributed by atoms with Gasteiger partial charge in [0.15, 0.2) is 6.10 Å². The van der Waals surface area contributed by atoms with Gasteiger partial charge in [0.05, 0.1) is 12.1 Å². The summed E-state index contributed by atoms with van der Waals surface area (Å²) >= 11 is 5.93. The maximum absolute atomic E-state index is 10.8. The van der Waals surface area contributed by atoms with E-state index in [4.69, 9.17) is 21.4 Å². The Morgan fingerprint density at radius 1 is 1.35 bits per heavy atom. The molecule has 0 heterocycles. The van der Waals surface area contributed by atoms with Gasteiger partial charge in [0.2, 0.25) is 0 Å². The fourth-order valence-electron chi connectivity index (χ4n) is 1.61. The van der Waals surface area contributed by atoms with Gasteiger partial charge >= 0.3 is 5.97 Å². The highest BCUT2D eigenvalue weighted by atomic mass is 35.5. The van der Waals surface area contributed by atoms with Crippen LogP contribution < -0.4 is 4.74 Å². The molecular weight excluding hydrogens is 244 g/mol. The number of carboxylic acids is 1. The molecule has 94 valence electrons. The van der Waals surface area contributed by atoms with Crippen LogP contribution in [0.3, 0.4) is 0 Å². The molecule has 0 fully saturated rings. The van der Waals surface area contributed by atoms with Crippen LogP contribution >= 0.6 is 11.6 Å². The lowest BCUT2D eigenvalue weighted by Crippen LogP contribution is -2.13. The molecule has 1 atom stereocenters. The number of hydrogen-bond acceptors (Lipinski definition) is 3. The van der Waals surface area contributed by atoms with Crippen LogP contribution in [0.15, 0.2) is 12.1 Å². The summed E-state index contributed by atoms with van der Waals surface area (Å²) in [6.45, 7) is 3.81. The molecule has 0 bridgehead atoms. The minimum absolute atomic E-state index is 0.0603. The topological polar surface area (TPSA) is 66.8 Å². The highest BCUT2D eigenvalue weighted by molar-refractivity contribution is 6.32. The lowest BCUT2D eigenvalue weighted by Gasteiger charge is -2.17. The van der Waals surface area contributed by atoms with E-state index in [2.05, 4.69) is 0 Å². The van der Waals surface area contributed by atoms with Crippen molar-refractivity contribution < 1.29 is 19.7 Å². The Morgan fingerprint density at radius 2 is 1.94 bits per heavy atom. The number of aliphatic hydroxyl groups excluding tert-OH is 1. The first kappa shape index (κ1) is 13.8. The summed E-state index contributed by atoms with van der Waals surface area (Å²) in [6, 6.07) is 3.10. The van der Waals surface area contributed by atoms with Crippen LogP contribution in [0.4, 0.5) is 0 Å². The second kappa shape index (κ2) is 5.38. The van der Waals surface area contributed by atoms with E-state index in [1.165, 1.54) is 13.2 Å². The lowest BCUT2D eigenvalue weighted by molar-refractivity contribution is -0.147. The van der Waals surface area contributed by atoms with Crippen molar-refractivity contribution in [1.82, 2.24) is 0 Å². The van der Waals surface area contributed by atoms with Crippen molar-refractivity contribution in [3.05, 3.63) is 28.3 Å². The summed E-state index contributed by atoms with van der Waals surface area (Å²) in [5.74, 6) is -0.769. The molecule has 1 rings (SSSR count). The smallest absolute Gasteiger partial charge is 0.337 e. The molecule has 0 radical (unpaired) electrons. The van der Waals surface area contributed by atoms with Crippen LogP contribution in [0.1, 0.15) is 37.0 Å². The van der Waals surface area contributed by atoms with Gasteiger partial charge in [-0.1, -0.05) is 25.4 Å². The molecule has 0 aliphatic carbocycles. The molecule has 0 saturated carbocycles. The Balaban J connectivity index is 3.37. The average molecular weight is 259 g/mol. The van der Waals surface area contributed by atoms with E-state index in [0.717, 1.165) is 0 Å². The number of carboxylic acid groups (broad SMARTS) is 1. The first-order valence-electron chi connectivity index (χ1n) is 5.16. The van der Waals surface area contributed by atoms with E-state index >= 15 is 0 Å². The molecule has 0 spiro atoms. The number of benzene rings is 1. The Labute approximate surface area is 105 Å². The Morgan fingerprint density at radius 3 is 2.35 bits per heavy atom. The number of rotatable bonds is 4. The van der Waals surface area contributed by atoms with E-state index in [9.17, 15) is 9.90 Å². The summed E-state index contributed by atoms with van der Waals surface area (Å²) in [6.07, 6.45) is -1.57. The number of aliphatic hydroxyl groups is 1. The van der Waals surface area contributed by atoms with Gasteiger partial charge in [-0.05, 0) is 29.2 Å². The molecule has 5 heteroatoms. The van der Waals surface area contributed by atoms with Gasteiger partial charge in [0.25, 0.3) is 0 Å². The molecule has 1 aromatic rings. The number of hydrogen-bond donors (Lipinski definition) is 2. The van der Waals surface area contributed by atoms with E-state index in [0.29, 0.717) is 16.9 Å². The number of carbonyl (C=O) groups is 1. The summed E-state index contributed by atoms with van der Waals surface area (Å²) in [5, 5.41) is 18.7. The predicted molar refractivity (Wildman–Crippen MR) is 64.7 cm³/mol. The van der Waals surface area contributed by atoms with Crippen LogP contribution in [0, 0.1) is 0 Å². The van der Waals surface area contributed by atoms with Crippen LogP contribution in [0.5, 0.6) is 5.75 Å². The van der Waals surface area contributed by atoms with Crippen LogP contribution in [0.25, 0.3) is 0 Å². The molecule has 2 N–H and O–H groups in total. The number of aliphatic carboxylic acids is 1. The van der Waals surface area contributed by atoms with Crippen LogP contribution in [0.2, 0.25) is 5.02 Å². The second-order valence-electron chi connectivity index (χ2n) is 4.01. The van der Waals surface area contributed by atoms with E-state index in [1.807, 2.05) is 13.8 Å². The first-order valence-corrected chi connectivity index (χ1v) is 5.54. The maximum atomic E-state index is 10.8. The van der Waals surface area contributed by atoms with Crippen molar-refractivity contribution >= 4 is 17.6 Å². The summed E-state index contributed by atoms with van der Waals surface area (Å²) < 4.78 is 5.07. The summed E-state index contributed by atoms with van der Waals surface area (Å²) in [7, 11) is 1.48. The molecule has 4 nitrogen and oxygen atoms in total. The van der Waals surface area contributed by atoms with Crippen molar-refractivity contribution in [2.45, 2.75) is 25.9 Å². The standard InChI is InChI=1S/C12H15ClO4/c1-6(2)7-5-10(17-3)9(13)4-8(7)11(14)12(15)16/h4-6,11,14H,1-3H3,(H,15,16). The maximum Gasteiger partial charge on any atom is 0.337 e.